The van der Waals surface area contributed by atoms with Crippen molar-refractivity contribution in [2.45, 2.75) is 32.0 Å². The summed E-state index contributed by atoms with van der Waals surface area (Å²) in [7, 11) is 0. The number of amides is 1. The van der Waals surface area contributed by atoms with E-state index in [2.05, 4.69) is 20.9 Å². The van der Waals surface area contributed by atoms with E-state index in [1.165, 1.54) is 0 Å². The Hall–Kier alpha value is -2.71. The Labute approximate surface area is 156 Å². The van der Waals surface area contributed by atoms with Gasteiger partial charge in [0, 0.05) is 36.5 Å². The predicted octanol–water partition coefficient (Wildman–Crippen LogP) is 2.04. The Morgan fingerprint density at radius 1 is 1.37 bits per heavy atom. The van der Waals surface area contributed by atoms with Crippen molar-refractivity contribution in [3.05, 3.63) is 46.8 Å². The summed E-state index contributed by atoms with van der Waals surface area (Å²) in [6.07, 6.45) is 0.664. The van der Waals surface area contributed by atoms with Crippen LogP contribution in [0.15, 0.2) is 24.3 Å². The van der Waals surface area contributed by atoms with E-state index in [1.54, 1.807) is 0 Å². The summed E-state index contributed by atoms with van der Waals surface area (Å²) in [5.41, 5.74) is 8.48. The number of benzene rings is 1. The fourth-order valence-corrected chi connectivity index (χ4v) is 3.44. The minimum atomic E-state index is -0.517. The van der Waals surface area contributed by atoms with Gasteiger partial charge in [0.2, 0.25) is 0 Å². The second-order valence-electron chi connectivity index (χ2n) is 6.93. The molecule has 1 saturated heterocycles. The molecule has 0 saturated carbocycles. The van der Waals surface area contributed by atoms with Crippen molar-refractivity contribution in [2.24, 2.45) is 5.73 Å². The number of anilines is 3. The maximum atomic E-state index is 15.0. The minimum Gasteiger partial charge on any atom is -0.380 e. The highest BCUT2D eigenvalue weighted by molar-refractivity contribution is 6.03. The van der Waals surface area contributed by atoms with Crippen LogP contribution in [-0.2, 0) is 11.3 Å². The van der Waals surface area contributed by atoms with Crippen LogP contribution in [0.25, 0.3) is 0 Å². The van der Waals surface area contributed by atoms with E-state index >= 15 is 0 Å². The zero-order chi connectivity index (χ0) is 19.0. The van der Waals surface area contributed by atoms with Gasteiger partial charge in [-0.25, -0.2) is 9.37 Å². The molecule has 8 heteroatoms. The largest absolute Gasteiger partial charge is 0.380 e. The average Bonchev–Trinajstić information content (AvgIpc) is 3.03. The summed E-state index contributed by atoms with van der Waals surface area (Å²) < 4.78 is 20.3. The number of rotatable bonds is 4. The number of halogens is 1. The Bertz CT molecular complexity index is 889. The molecule has 27 heavy (non-hydrogen) atoms. The van der Waals surface area contributed by atoms with Crippen molar-refractivity contribution in [3.8, 4) is 0 Å². The van der Waals surface area contributed by atoms with E-state index in [-0.39, 0.29) is 35.9 Å². The Morgan fingerprint density at radius 3 is 3.00 bits per heavy atom. The van der Waals surface area contributed by atoms with E-state index in [0.29, 0.717) is 31.0 Å². The van der Waals surface area contributed by atoms with Gasteiger partial charge in [-0.1, -0.05) is 12.1 Å². The molecule has 5 N–H and O–H groups in total. The van der Waals surface area contributed by atoms with Crippen LogP contribution in [0, 0.1) is 12.7 Å². The fraction of sp³-hybridized carbons (Fsp3) is 0.368. The molecule has 1 aromatic heterocycles. The molecule has 4 rings (SSSR count). The number of nitrogens with one attached hydrogen (secondary N) is 3. The van der Waals surface area contributed by atoms with Crippen molar-refractivity contribution in [1.29, 1.82) is 0 Å². The number of carbonyl (C=O) groups is 1. The van der Waals surface area contributed by atoms with Crippen LogP contribution in [0.1, 0.15) is 27.9 Å². The van der Waals surface area contributed by atoms with Gasteiger partial charge < -0.3 is 26.4 Å². The van der Waals surface area contributed by atoms with Crippen molar-refractivity contribution in [1.82, 2.24) is 10.3 Å². The lowest BCUT2D eigenvalue weighted by Crippen LogP contribution is -2.48. The molecule has 2 aliphatic heterocycles. The molecule has 0 aliphatic carbocycles. The first kappa shape index (κ1) is 17.7. The SMILES string of the molecule is Cc1cccc(Nc2nc(NC3CCOCC3N)c(F)c3c2C(=O)NC3)c1. The lowest BCUT2D eigenvalue weighted by Gasteiger charge is -2.30. The van der Waals surface area contributed by atoms with Gasteiger partial charge in [0.25, 0.3) is 5.91 Å². The van der Waals surface area contributed by atoms with E-state index in [0.717, 1.165) is 11.3 Å². The Balaban J connectivity index is 1.71. The minimum absolute atomic E-state index is 0.0998. The molecule has 2 aliphatic rings. The summed E-state index contributed by atoms with van der Waals surface area (Å²) in [5.74, 6) is -0.421. The van der Waals surface area contributed by atoms with Crippen molar-refractivity contribution >= 4 is 23.2 Å². The fourth-order valence-electron chi connectivity index (χ4n) is 3.44. The zero-order valence-corrected chi connectivity index (χ0v) is 15.0. The number of nitrogens with two attached hydrogens (primary N) is 1. The lowest BCUT2D eigenvalue weighted by molar-refractivity contribution is 0.0751. The number of ether oxygens (including phenoxy) is 1. The van der Waals surface area contributed by atoms with Gasteiger partial charge in [0.05, 0.1) is 12.2 Å². The lowest BCUT2D eigenvalue weighted by atomic mass is 10.0. The molecule has 0 spiro atoms. The van der Waals surface area contributed by atoms with Gasteiger partial charge in [-0.3, -0.25) is 4.79 Å². The second-order valence-corrected chi connectivity index (χ2v) is 6.93. The normalized spacial score (nSPS) is 21.5. The second kappa shape index (κ2) is 7.13. The highest BCUT2D eigenvalue weighted by atomic mass is 19.1. The predicted molar refractivity (Wildman–Crippen MR) is 101 cm³/mol. The molecule has 1 fully saturated rings. The third-order valence-electron chi connectivity index (χ3n) is 4.89. The van der Waals surface area contributed by atoms with Crippen LogP contribution in [0.5, 0.6) is 0 Å². The topological polar surface area (TPSA) is 101 Å². The smallest absolute Gasteiger partial charge is 0.255 e. The summed E-state index contributed by atoms with van der Waals surface area (Å²) >= 11 is 0. The maximum absolute atomic E-state index is 15.0. The van der Waals surface area contributed by atoms with Crippen LogP contribution < -0.4 is 21.7 Å². The van der Waals surface area contributed by atoms with Crippen molar-refractivity contribution in [3.63, 3.8) is 0 Å². The van der Waals surface area contributed by atoms with Crippen LogP contribution >= 0.6 is 0 Å². The van der Waals surface area contributed by atoms with Gasteiger partial charge in [-0.15, -0.1) is 0 Å². The highest BCUT2D eigenvalue weighted by Crippen LogP contribution is 2.32. The third-order valence-corrected chi connectivity index (χ3v) is 4.89. The molecular formula is C19H22FN5O2. The Morgan fingerprint density at radius 2 is 2.22 bits per heavy atom. The summed E-state index contributed by atoms with van der Waals surface area (Å²) in [6.45, 7) is 3.09. The molecule has 142 valence electrons. The molecule has 2 unspecified atom stereocenters. The maximum Gasteiger partial charge on any atom is 0.255 e. The highest BCUT2D eigenvalue weighted by Gasteiger charge is 2.31. The number of fused-ring (bicyclic) bond motifs is 1. The standard InChI is InChI=1S/C19H22FN5O2/c1-10-3-2-4-11(7-10)23-17-15-12(8-22-19(15)26)16(20)18(25-17)24-14-5-6-27-9-13(14)21/h2-4,7,13-14H,5-6,8-9,21H2,1H3,(H,22,26)(H2,23,24,25). The van der Waals surface area contributed by atoms with Gasteiger partial charge in [0.15, 0.2) is 11.6 Å². The summed E-state index contributed by atoms with van der Waals surface area (Å²) in [6, 6.07) is 7.29. The molecule has 1 amide bonds. The van der Waals surface area contributed by atoms with E-state index in [4.69, 9.17) is 10.5 Å². The molecule has 7 nitrogen and oxygen atoms in total. The first-order chi connectivity index (χ1) is 13.0. The number of hydrogen-bond donors (Lipinski definition) is 4. The van der Waals surface area contributed by atoms with Crippen LogP contribution in [0.4, 0.5) is 21.7 Å². The summed E-state index contributed by atoms with van der Waals surface area (Å²) in [4.78, 5) is 16.6. The number of aromatic nitrogens is 1. The Kier molecular flexibility index (Phi) is 4.67. The number of nitrogens with zero attached hydrogens (tertiary/aromatic N) is 1. The molecule has 0 radical (unpaired) electrons. The van der Waals surface area contributed by atoms with Gasteiger partial charge in [-0.05, 0) is 31.0 Å². The molecule has 1 aromatic carbocycles. The summed E-state index contributed by atoms with van der Waals surface area (Å²) in [5, 5.41) is 8.94. The van der Waals surface area contributed by atoms with Crippen molar-refractivity contribution < 1.29 is 13.9 Å². The number of carbonyl (C=O) groups excluding carboxylic acids is 1. The number of pyridine rings is 1. The van der Waals surface area contributed by atoms with Gasteiger partial charge in [0.1, 0.15) is 5.82 Å². The quantitative estimate of drug-likeness (QED) is 0.656. The van der Waals surface area contributed by atoms with E-state index in [9.17, 15) is 9.18 Å². The molecular weight excluding hydrogens is 349 g/mol. The third kappa shape index (κ3) is 3.45. The van der Waals surface area contributed by atoms with E-state index in [1.807, 2.05) is 31.2 Å². The van der Waals surface area contributed by atoms with Crippen LogP contribution in [0.3, 0.4) is 0 Å². The van der Waals surface area contributed by atoms with E-state index < -0.39 is 5.82 Å². The van der Waals surface area contributed by atoms with Gasteiger partial charge >= 0.3 is 0 Å². The van der Waals surface area contributed by atoms with Crippen LogP contribution in [-0.4, -0.2) is 36.2 Å². The molecule has 2 aromatic rings. The number of hydrogen-bond acceptors (Lipinski definition) is 6. The first-order valence-corrected chi connectivity index (χ1v) is 8.97. The van der Waals surface area contributed by atoms with Crippen molar-refractivity contribution in [2.75, 3.05) is 23.8 Å². The molecule has 0 bridgehead atoms. The average molecular weight is 371 g/mol. The molecule has 3 heterocycles. The van der Waals surface area contributed by atoms with Crippen LogP contribution in [0.2, 0.25) is 0 Å². The zero-order valence-electron chi connectivity index (χ0n) is 15.0. The first-order valence-electron chi connectivity index (χ1n) is 8.97. The molecule has 2 atom stereocenters. The number of aryl methyl sites for hydroxylation is 1. The van der Waals surface area contributed by atoms with Gasteiger partial charge in [-0.2, -0.15) is 0 Å². The monoisotopic (exact) mass is 371 g/mol.